The maximum Gasteiger partial charge on any atom is 0.460 e. The number of unbranched alkanes of at least 4 members (excludes halogenated alkanes) is 1. The minimum absolute atomic E-state index is 0.0859. The van der Waals surface area contributed by atoms with Gasteiger partial charge in [-0.15, -0.1) is 0 Å². The van der Waals surface area contributed by atoms with Gasteiger partial charge in [-0.3, -0.25) is 0 Å². The molecule has 0 bridgehead atoms. The molecule has 0 aromatic carbocycles. The second-order valence-electron chi connectivity index (χ2n) is 4.04. The summed E-state index contributed by atoms with van der Waals surface area (Å²) >= 11 is 1.14. The lowest BCUT2D eigenvalue weighted by atomic mass is 10.0. The Kier molecular flexibility index (Phi) is 6.85. The summed E-state index contributed by atoms with van der Waals surface area (Å²) in [7, 11) is 0. The standard InChI is InChI=1S/C10H10F9IO/c11-7(12,5-6(20)3-1-2-4-21)8(13,14)9(15,16)10(17,18)19/h5,21H,1-4H2. The molecule has 0 fully saturated rings. The molecule has 0 spiro atoms. The topological polar surface area (TPSA) is 20.2 Å². The SMILES string of the molecule is OCCCCC(I)=CC(F)(F)C(F)(F)C(F)(F)C(F)(F)F. The number of halogens is 10. The quantitative estimate of drug-likeness (QED) is 0.336. The van der Waals surface area contributed by atoms with Crippen molar-refractivity contribution in [3.8, 4) is 0 Å². The molecule has 0 heterocycles. The van der Waals surface area contributed by atoms with E-state index < -0.39 is 33.6 Å². The zero-order chi connectivity index (χ0) is 17.1. The first-order valence-electron chi connectivity index (χ1n) is 5.39. The van der Waals surface area contributed by atoms with Gasteiger partial charge in [-0.05, 0) is 45.4 Å². The molecule has 0 rings (SSSR count). The molecule has 0 saturated heterocycles. The van der Waals surface area contributed by atoms with Crippen molar-refractivity contribution in [1.29, 1.82) is 0 Å². The Morgan fingerprint density at radius 1 is 0.857 bits per heavy atom. The first kappa shape index (κ1) is 20.8. The lowest BCUT2D eigenvalue weighted by molar-refractivity contribution is -0.388. The molecule has 126 valence electrons. The predicted molar refractivity (Wildman–Crippen MR) is 63.9 cm³/mol. The van der Waals surface area contributed by atoms with E-state index in [-0.39, 0.29) is 25.9 Å². The second kappa shape index (κ2) is 6.92. The Balaban J connectivity index is 5.34. The molecule has 0 aliphatic heterocycles. The monoisotopic (exact) mass is 444 g/mol. The van der Waals surface area contributed by atoms with Crippen LogP contribution in [0, 0.1) is 0 Å². The largest absolute Gasteiger partial charge is 0.460 e. The van der Waals surface area contributed by atoms with E-state index in [9.17, 15) is 39.5 Å². The number of rotatable bonds is 7. The Morgan fingerprint density at radius 2 is 1.33 bits per heavy atom. The van der Waals surface area contributed by atoms with E-state index in [2.05, 4.69) is 0 Å². The first-order valence-corrected chi connectivity index (χ1v) is 6.47. The van der Waals surface area contributed by atoms with Gasteiger partial charge in [-0.2, -0.15) is 39.5 Å². The van der Waals surface area contributed by atoms with Crippen molar-refractivity contribution >= 4 is 22.6 Å². The van der Waals surface area contributed by atoms with Crippen LogP contribution in [0.1, 0.15) is 19.3 Å². The number of aliphatic hydroxyl groups excluding tert-OH is 1. The third-order valence-electron chi connectivity index (χ3n) is 2.33. The number of hydrogen-bond donors (Lipinski definition) is 1. The van der Waals surface area contributed by atoms with Gasteiger partial charge in [0.15, 0.2) is 0 Å². The maximum atomic E-state index is 13.1. The van der Waals surface area contributed by atoms with Gasteiger partial charge in [0.1, 0.15) is 0 Å². The minimum atomic E-state index is -6.87. The Bertz CT molecular complexity index is 375. The Morgan fingerprint density at radius 3 is 1.71 bits per heavy atom. The van der Waals surface area contributed by atoms with E-state index in [4.69, 9.17) is 5.11 Å². The molecule has 21 heavy (non-hydrogen) atoms. The highest BCUT2D eigenvalue weighted by Crippen LogP contribution is 2.53. The van der Waals surface area contributed by atoms with Crippen LogP contribution in [0.15, 0.2) is 9.66 Å². The normalized spacial score (nSPS) is 15.5. The lowest BCUT2D eigenvalue weighted by Crippen LogP contribution is -2.60. The van der Waals surface area contributed by atoms with E-state index >= 15 is 0 Å². The van der Waals surface area contributed by atoms with Crippen LogP contribution in [0.3, 0.4) is 0 Å². The van der Waals surface area contributed by atoms with E-state index in [0.717, 1.165) is 22.6 Å². The smallest absolute Gasteiger partial charge is 0.396 e. The van der Waals surface area contributed by atoms with Crippen LogP contribution in [0.5, 0.6) is 0 Å². The summed E-state index contributed by atoms with van der Waals surface area (Å²) in [5, 5.41) is 8.42. The molecular weight excluding hydrogens is 434 g/mol. The lowest BCUT2D eigenvalue weighted by Gasteiger charge is -2.32. The summed E-state index contributed by atoms with van der Waals surface area (Å²) in [6, 6.07) is 0. The van der Waals surface area contributed by atoms with Crippen molar-refractivity contribution < 1.29 is 44.6 Å². The molecule has 0 amide bonds. The molecule has 0 atom stereocenters. The predicted octanol–water partition coefficient (Wildman–Crippen LogP) is 4.94. The molecule has 1 N–H and O–H groups in total. The van der Waals surface area contributed by atoms with Crippen LogP contribution < -0.4 is 0 Å². The summed E-state index contributed by atoms with van der Waals surface area (Å²) in [6.07, 6.45) is -7.45. The number of hydrogen-bond acceptors (Lipinski definition) is 1. The van der Waals surface area contributed by atoms with Gasteiger partial charge >= 0.3 is 23.9 Å². The molecule has 0 unspecified atom stereocenters. The number of allylic oxidation sites excluding steroid dienone is 2. The first-order chi connectivity index (χ1) is 9.20. The summed E-state index contributed by atoms with van der Waals surface area (Å²) in [6.45, 7) is -0.303. The molecule has 1 nitrogen and oxygen atoms in total. The van der Waals surface area contributed by atoms with Crippen LogP contribution in [-0.4, -0.2) is 35.7 Å². The van der Waals surface area contributed by atoms with Gasteiger partial charge in [0.05, 0.1) is 0 Å². The fraction of sp³-hybridized carbons (Fsp3) is 0.800. The van der Waals surface area contributed by atoms with E-state index in [1.807, 2.05) is 0 Å². The Hall–Kier alpha value is -0.200. The fourth-order valence-corrected chi connectivity index (χ4v) is 1.93. The zero-order valence-corrected chi connectivity index (χ0v) is 12.3. The maximum absolute atomic E-state index is 13.1. The average molecular weight is 444 g/mol. The molecule has 0 saturated carbocycles. The molecule has 0 aromatic heterocycles. The molecule has 0 aliphatic carbocycles. The Labute approximate surface area is 127 Å². The fourth-order valence-electron chi connectivity index (χ4n) is 1.15. The van der Waals surface area contributed by atoms with Crippen molar-refractivity contribution in [3.05, 3.63) is 9.66 Å². The van der Waals surface area contributed by atoms with Crippen molar-refractivity contribution in [3.63, 3.8) is 0 Å². The zero-order valence-electron chi connectivity index (χ0n) is 10.1. The molecule has 0 radical (unpaired) electrons. The van der Waals surface area contributed by atoms with Crippen LogP contribution in [0.4, 0.5) is 39.5 Å². The van der Waals surface area contributed by atoms with Crippen LogP contribution >= 0.6 is 22.6 Å². The van der Waals surface area contributed by atoms with E-state index in [0.29, 0.717) is 0 Å². The summed E-state index contributed by atoms with van der Waals surface area (Å²) in [5.74, 6) is -19.2. The molecule has 11 heteroatoms. The third kappa shape index (κ3) is 4.63. The van der Waals surface area contributed by atoms with Crippen molar-refractivity contribution in [2.24, 2.45) is 0 Å². The van der Waals surface area contributed by atoms with Crippen molar-refractivity contribution in [1.82, 2.24) is 0 Å². The average Bonchev–Trinajstić information content (AvgIpc) is 2.26. The van der Waals surface area contributed by atoms with Gasteiger partial charge in [0.2, 0.25) is 0 Å². The number of alkyl halides is 9. The van der Waals surface area contributed by atoms with Gasteiger partial charge in [0, 0.05) is 12.7 Å². The minimum Gasteiger partial charge on any atom is -0.396 e. The van der Waals surface area contributed by atoms with Crippen LogP contribution in [0.2, 0.25) is 0 Å². The third-order valence-corrected chi connectivity index (χ3v) is 3.18. The van der Waals surface area contributed by atoms with Crippen LogP contribution in [-0.2, 0) is 0 Å². The highest BCUT2D eigenvalue weighted by Gasteiger charge is 2.81. The van der Waals surface area contributed by atoms with Crippen LogP contribution in [0.25, 0.3) is 0 Å². The second-order valence-corrected chi connectivity index (χ2v) is 5.43. The van der Waals surface area contributed by atoms with Gasteiger partial charge in [-0.25, -0.2) is 0 Å². The number of aliphatic hydroxyl groups is 1. The van der Waals surface area contributed by atoms with Gasteiger partial charge in [-0.1, -0.05) is 0 Å². The van der Waals surface area contributed by atoms with Gasteiger partial charge < -0.3 is 5.11 Å². The molecule has 0 aliphatic rings. The summed E-state index contributed by atoms with van der Waals surface area (Å²) < 4.78 is 112. The van der Waals surface area contributed by atoms with Crippen molar-refractivity contribution in [2.75, 3.05) is 6.61 Å². The highest BCUT2D eigenvalue weighted by atomic mass is 127. The summed E-state index contributed by atoms with van der Waals surface area (Å²) in [4.78, 5) is 0. The summed E-state index contributed by atoms with van der Waals surface area (Å²) in [5.41, 5.74) is 0. The van der Waals surface area contributed by atoms with Gasteiger partial charge in [0.25, 0.3) is 0 Å². The van der Waals surface area contributed by atoms with Crippen molar-refractivity contribution in [2.45, 2.75) is 43.2 Å². The highest BCUT2D eigenvalue weighted by molar-refractivity contribution is 14.1. The molecular formula is C10H10F9IO. The van der Waals surface area contributed by atoms with E-state index in [1.54, 1.807) is 0 Å². The van der Waals surface area contributed by atoms with E-state index in [1.165, 1.54) is 0 Å². The molecule has 0 aromatic rings.